The van der Waals surface area contributed by atoms with E-state index < -0.39 is 0 Å². The Morgan fingerprint density at radius 1 is 0.341 bits per heavy atom. The third-order valence-electron chi connectivity index (χ3n) is 8.94. The normalized spacial score (nSPS) is 11.4. The van der Waals surface area contributed by atoms with E-state index in [1.807, 2.05) is 0 Å². The predicted octanol–water partition coefficient (Wildman–Crippen LogP) is 13.1. The van der Waals surface area contributed by atoms with Crippen LogP contribution in [0, 0.1) is 0 Å². The molecule has 246 valence electrons. The minimum atomic E-state index is -0.255. The summed E-state index contributed by atoms with van der Waals surface area (Å²) < 4.78 is 0. The summed E-state index contributed by atoms with van der Waals surface area (Å²) in [6.07, 6.45) is 48.2. The number of amides is 1. The van der Waals surface area contributed by atoms with Crippen LogP contribution in [-0.2, 0) is 4.79 Å². The summed E-state index contributed by atoms with van der Waals surface area (Å²) in [6, 6.07) is 0. The number of hydroxylamine groups is 1. The van der Waals surface area contributed by atoms with E-state index in [9.17, 15) is 4.79 Å². The lowest BCUT2D eigenvalue weighted by atomic mass is 10.0. The first-order valence-electron chi connectivity index (χ1n) is 18.8. The van der Waals surface area contributed by atoms with Gasteiger partial charge in [0.15, 0.2) is 0 Å². The maximum absolute atomic E-state index is 10.9. The molecule has 0 unspecified atom stereocenters. The van der Waals surface area contributed by atoms with Crippen molar-refractivity contribution in [3.8, 4) is 0 Å². The number of hydrogen-bond acceptors (Lipinski definition) is 3. The van der Waals surface area contributed by atoms with Gasteiger partial charge in [-0.05, 0) is 18.6 Å². The summed E-state index contributed by atoms with van der Waals surface area (Å²) in [5.41, 5.74) is 1.70. The van der Waals surface area contributed by atoms with E-state index in [4.69, 9.17) is 5.21 Å². The monoisotopic (exact) mass is 598 g/mol. The summed E-state index contributed by atoms with van der Waals surface area (Å²) >= 11 is 4.28. The molecule has 0 aliphatic rings. The highest BCUT2D eigenvalue weighted by molar-refractivity contribution is 7.80. The molecule has 2 N–H and O–H groups in total. The Hall–Kier alpha value is -0.220. The molecule has 0 spiro atoms. The second-order valence-corrected chi connectivity index (χ2v) is 13.5. The fraction of sp³-hybridized carbons (Fsp3) is 0.973. The van der Waals surface area contributed by atoms with Crippen molar-refractivity contribution in [1.82, 2.24) is 5.48 Å². The van der Waals surface area contributed by atoms with Gasteiger partial charge < -0.3 is 0 Å². The van der Waals surface area contributed by atoms with Gasteiger partial charge in [0, 0.05) is 6.42 Å². The molecule has 0 aliphatic heterocycles. The van der Waals surface area contributed by atoms with Crippen LogP contribution >= 0.6 is 12.6 Å². The van der Waals surface area contributed by atoms with Crippen LogP contribution in [-0.4, -0.2) is 16.9 Å². The largest absolute Gasteiger partial charge is 0.289 e. The Balaban J connectivity index is 3.04. The van der Waals surface area contributed by atoms with Crippen LogP contribution in [0.1, 0.15) is 225 Å². The molecule has 0 heterocycles. The molecular weight excluding hydrogens is 522 g/mol. The van der Waals surface area contributed by atoms with Gasteiger partial charge in [-0.25, -0.2) is 5.48 Å². The number of rotatable bonds is 36. The molecule has 0 bridgehead atoms. The van der Waals surface area contributed by atoms with Gasteiger partial charge in [-0.15, -0.1) is 0 Å². The zero-order chi connectivity index (χ0) is 29.7. The molecule has 0 saturated carbocycles. The topological polar surface area (TPSA) is 49.3 Å². The highest BCUT2D eigenvalue weighted by Gasteiger charge is 1.99. The molecule has 3 nitrogen and oxygen atoms in total. The van der Waals surface area contributed by atoms with Crippen molar-refractivity contribution in [2.45, 2.75) is 225 Å². The molecule has 0 aromatic heterocycles. The molecule has 41 heavy (non-hydrogen) atoms. The van der Waals surface area contributed by atoms with Gasteiger partial charge in [0.1, 0.15) is 0 Å². The van der Waals surface area contributed by atoms with E-state index >= 15 is 0 Å². The molecule has 0 radical (unpaired) electrons. The van der Waals surface area contributed by atoms with Crippen molar-refractivity contribution in [3.05, 3.63) is 0 Å². The lowest BCUT2D eigenvalue weighted by Gasteiger charge is -2.05. The van der Waals surface area contributed by atoms with E-state index in [0.29, 0.717) is 6.42 Å². The summed E-state index contributed by atoms with van der Waals surface area (Å²) in [7, 11) is 0. The van der Waals surface area contributed by atoms with Crippen LogP contribution in [0.2, 0.25) is 0 Å². The van der Waals surface area contributed by atoms with Crippen molar-refractivity contribution >= 4 is 18.5 Å². The molecule has 0 rings (SSSR count). The Kier molecular flexibility index (Phi) is 37.6. The second kappa shape index (κ2) is 37.8. The summed E-state index contributed by atoms with van der Waals surface area (Å²) in [6.45, 7) is 0. The molecule has 0 atom stereocenters. The smallest absolute Gasteiger partial charge is 0.243 e. The highest BCUT2D eigenvalue weighted by Crippen LogP contribution is 2.17. The average molecular weight is 598 g/mol. The van der Waals surface area contributed by atoms with Crippen LogP contribution in [0.15, 0.2) is 0 Å². The highest BCUT2D eigenvalue weighted by atomic mass is 32.1. The minimum Gasteiger partial charge on any atom is -0.289 e. The number of unbranched alkanes of at least 4 members (excludes halogenated alkanes) is 33. The molecular formula is C37H75NO2S. The van der Waals surface area contributed by atoms with Gasteiger partial charge >= 0.3 is 0 Å². The van der Waals surface area contributed by atoms with Crippen LogP contribution in [0.4, 0.5) is 0 Å². The maximum Gasteiger partial charge on any atom is 0.243 e. The number of nitrogens with one attached hydrogen (secondary N) is 1. The Morgan fingerprint density at radius 3 is 0.683 bits per heavy atom. The van der Waals surface area contributed by atoms with Crippen LogP contribution in [0.25, 0.3) is 0 Å². The van der Waals surface area contributed by atoms with Crippen molar-refractivity contribution in [1.29, 1.82) is 0 Å². The summed E-state index contributed by atoms with van der Waals surface area (Å²) in [4.78, 5) is 10.9. The minimum absolute atomic E-state index is 0.255. The zero-order valence-electron chi connectivity index (χ0n) is 27.8. The SMILES string of the molecule is O=C(CCCCCCCCCCCCCCCCCCCCCCCCCCCCCCCCCCCCS)NO. The Morgan fingerprint density at radius 2 is 0.512 bits per heavy atom. The van der Waals surface area contributed by atoms with Crippen molar-refractivity contribution in [2.75, 3.05) is 5.75 Å². The van der Waals surface area contributed by atoms with Crippen molar-refractivity contribution < 1.29 is 10.0 Å². The lowest BCUT2D eigenvalue weighted by Crippen LogP contribution is -2.17. The quantitative estimate of drug-likeness (QED) is 0.0291. The fourth-order valence-corrected chi connectivity index (χ4v) is 6.33. The molecule has 0 aromatic rings. The number of hydrogen-bond donors (Lipinski definition) is 3. The third-order valence-corrected chi connectivity index (χ3v) is 9.25. The Bertz CT molecular complexity index is 488. The van der Waals surface area contributed by atoms with E-state index in [1.54, 1.807) is 5.48 Å². The van der Waals surface area contributed by atoms with Crippen LogP contribution in [0.3, 0.4) is 0 Å². The van der Waals surface area contributed by atoms with Crippen molar-refractivity contribution in [3.63, 3.8) is 0 Å². The second-order valence-electron chi connectivity index (χ2n) is 13.0. The van der Waals surface area contributed by atoms with E-state index in [2.05, 4.69) is 12.6 Å². The fourth-order valence-electron chi connectivity index (χ4n) is 6.11. The van der Waals surface area contributed by atoms with Gasteiger partial charge in [-0.3, -0.25) is 10.0 Å². The van der Waals surface area contributed by atoms with Gasteiger partial charge in [0.2, 0.25) is 5.91 Å². The standard InChI is InChI=1S/C37H75NO2S/c39-37(38-40)35-33-31-29-27-25-23-21-19-17-15-13-11-9-7-5-3-1-2-4-6-8-10-12-14-16-18-20-22-24-26-28-30-32-34-36-41/h40-41H,1-36H2,(H,38,39). The van der Waals surface area contributed by atoms with Gasteiger partial charge in [0.25, 0.3) is 0 Å². The molecule has 1 amide bonds. The predicted molar refractivity (Wildman–Crippen MR) is 185 cm³/mol. The zero-order valence-corrected chi connectivity index (χ0v) is 28.7. The molecule has 0 aromatic carbocycles. The first kappa shape index (κ1) is 40.8. The van der Waals surface area contributed by atoms with E-state index in [0.717, 1.165) is 18.6 Å². The van der Waals surface area contributed by atoms with E-state index in [1.165, 1.54) is 205 Å². The number of carbonyl (C=O) groups excluding carboxylic acids is 1. The van der Waals surface area contributed by atoms with Gasteiger partial charge in [0.05, 0.1) is 0 Å². The third kappa shape index (κ3) is 37.8. The lowest BCUT2D eigenvalue weighted by molar-refractivity contribution is -0.129. The van der Waals surface area contributed by atoms with E-state index in [-0.39, 0.29) is 5.91 Å². The summed E-state index contributed by atoms with van der Waals surface area (Å²) in [5, 5.41) is 8.46. The van der Waals surface area contributed by atoms with Crippen LogP contribution < -0.4 is 5.48 Å². The maximum atomic E-state index is 10.9. The van der Waals surface area contributed by atoms with Gasteiger partial charge in [-0.2, -0.15) is 12.6 Å². The summed E-state index contributed by atoms with van der Waals surface area (Å²) in [5.74, 6) is 0.807. The number of thiol groups is 1. The first-order valence-corrected chi connectivity index (χ1v) is 19.5. The van der Waals surface area contributed by atoms with Gasteiger partial charge in [-0.1, -0.05) is 205 Å². The average Bonchev–Trinajstić information content (AvgIpc) is 2.99. The van der Waals surface area contributed by atoms with Crippen molar-refractivity contribution in [2.24, 2.45) is 0 Å². The molecule has 0 saturated heterocycles. The molecule has 0 aliphatic carbocycles. The number of carbonyl (C=O) groups is 1. The Labute approximate surface area is 263 Å². The molecule has 0 fully saturated rings. The van der Waals surface area contributed by atoms with Crippen LogP contribution in [0.5, 0.6) is 0 Å². The molecule has 4 heteroatoms. The first-order chi connectivity index (χ1) is 20.3.